The standard InChI is InChI=1S/C21H24ClN3/c1-17-15-24-21(14-18-6-3-2-4-7-18)25(17)13-5-12-23-16-19-8-10-20(22)11-9-19/h2-4,6-11,15,23H,5,12-14,16H2,1H3. The Kier molecular flexibility index (Phi) is 6.26. The first-order chi connectivity index (χ1) is 12.2. The van der Waals surface area contributed by atoms with E-state index < -0.39 is 0 Å². The molecule has 1 N–H and O–H groups in total. The summed E-state index contributed by atoms with van der Waals surface area (Å²) in [5.41, 5.74) is 3.78. The highest BCUT2D eigenvalue weighted by Crippen LogP contribution is 2.12. The third-order valence-corrected chi connectivity index (χ3v) is 4.57. The highest BCUT2D eigenvalue weighted by molar-refractivity contribution is 6.30. The van der Waals surface area contributed by atoms with Crippen molar-refractivity contribution in [3.63, 3.8) is 0 Å². The number of nitrogens with one attached hydrogen (secondary N) is 1. The minimum Gasteiger partial charge on any atom is -0.332 e. The molecule has 0 aliphatic heterocycles. The number of imidazole rings is 1. The summed E-state index contributed by atoms with van der Waals surface area (Å²) in [6.45, 7) is 4.96. The van der Waals surface area contributed by atoms with Gasteiger partial charge < -0.3 is 9.88 Å². The summed E-state index contributed by atoms with van der Waals surface area (Å²) in [5, 5.41) is 4.28. The number of benzene rings is 2. The van der Waals surface area contributed by atoms with Gasteiger partial charge in [0.15, 0.2) is 0 Å². The lowest BCUT2D eigenvalue weighted by Gasteiger charge is -2.11. The van der Waals surface area contributed by atoms with Gasteiger partial charge in [0, 0.05) is 36.4 Å². The molecule has 0 saturated heterocycles. The van der Waals surface area contributed by atoms with Crippen LogP contribution in [0.15, 0.2) is 60.8 Å². The molecule has 2 aromatic carbocycles. The van der Waals surface area contributed by atoms with Gasteiger partial charge in [0.05, 0.1) is 0 Å². The molecule has 0 atom stereocenters. The van der Waals surface area contributed by atoms with E-state index in [2.05, 4.69) is 58.2 Å². The molecule has 0 saturated carbocycles. The largest absolute Gasteiger partial charge is 0.332 e. The SMILES string of the molecule is Cc1cnc(Cc2ccccc2)n1CCCNCc1ccc(Cl)cc1. The highest BCUT2D eigenvalue weighted by Gasteiger charge is 2.07. The maximum atomic E-state index is 5.91. The van der Waals surface area contributed by atoms with Crippen LogP contribution in [0.1, 0.15) is 29.1 Å². The first-order valence-corrected chi connectivity index (χ1v) is 9.10. The van der Waals surface area contributed by atoms with Gasteiger partial charge in [-0.25, -0.2) is 4.98 Å². The molecule has 3 rings (SSSR count). The third kappa shape index (κ3) is 5.18. The van der Waals surface area contributed by atoms with Gasteiger partial charge in [-0.2, -0.15) is 0 Å². The summed E-state index contributed by atoms with van der Waals surface area (Å²) in [4.78, 5) is 4.60. The average molecular weight is 354 g/mol. The molecule has 0 aliphatic carbocycles. The Bertz CT molecular complexity index is 779. The summed E-state index contributed by atoms with van der Waals surface area (Å²) < 4.78 is 2.33. The van der Waals surface area contributed by atoms with Crippen LogP contribution in [0.5, 0.6) is 0 Å². The van der Waals surface area contributed by atoms with Gasteiger partial charge in [-0.3, -0.25) is 0 Å². The fourth-order valence-corrected chi connectivity index (χ4v) is 3.06. The summed E-state index contributed by atoms with van der Waals surface area (Å²) >= 11 is 5.91. The van der Waals surface area contributed by atoms with Crippen molar-refractivity contribution in [2.24, 2.45) is 0 Å². The summed E-state index contributed by atoms with van der Waals surface area (Å²) in [5.74, 6) is 1.14. The Labute approximate surface area is 154 Å². The molecule has 25 heavy (non-hydrogen) atoms. The first kappa shape index (κ1) is 17.7. The van der Waals surface area contributed by atoms with E-state index in [-0.39, 0.29) is 0 Å². The number of halogens is 1. The van der Waals surface area contributed by atoms with E-state index in [9.17, 15) is 0 Å². The number of hydrogen-bond donors (Lipinski definition) is 1. The summed E-state index contributed by atoms with van der Waals surface area (Å²) in [6.07, 6.45) is 3.93. The molecule has 0 unspecified atom stereocenters. The van der Waals surface area contributed by atoms with Crippen LogP contribution in [-0.2, 0) is 19.5 Å². The fourth-order valence-electron chi connectivity index (χ4n) is 2.93. The summed E-state index contributed by atoms with van der Waals surface area (Å²) in [7, 11) is 0. The maximum absolute atomic E-state index is 5.91. The van der Waals surface area contributed by atoms with Crippen molar-refractivity contribution < 1.29 is 0 Å². The fraction of sp³-hybridized carbons (Fsp3) is 0.286. The molecule has 130 valence electrons. The van der Waals surface area contributed by atoms with E-state index in [1.54, 1.807) is 0 Å². The highest BCUT2D eigenvalue weighted by atomic mass is 35.5. The molecular formula is C21H24ClN3. The van der Waals surface area contributed by atoms with Gasteiger partial charge in [-0.15, -0.1) is 0 Å². The van der Waals surface area contributed by atoms with Gasteiger partial charge in [0.2, 0.25) is 0 Å². The van der Waals surface area contributed by atoms with Crippen molar-refractivity contribution in [1.82, 2.24) is 14.9 Å². The van der Waals surface area contributed by atoms with Crippen molar-refractivity contribution in [1.29, 1.82) is 0 Å². The van der Waals surface area contributed by atoms with Crippen molar-refractivity contribution in [3.05, 3.63) is 88.5 Å². The molecule has 0 fully saturated rings. The minimum absolute atomic E-state index is 0.783. The molecule has 0 aliphatic rings. The Morgan fingerprint density at radius 2 is 1.76 bits per heavy atom. The quantitative estimate of drug-likeness (QED) is 0.599. The number of nitrogens with zero attached hydrogens (tertiary/aromatic N) is 2. The first-order valence-electron chi connectivity index (χ1n) is 8.72. The molecule has 1 aromatic heterocycles. The Balaban J connectivity index is 1.48. The minimum atomic E-state index is 0.783. The van der Waals surface area contributed by atoms with Crippen LogP contribution in [0, 0.1) is 6.92 Å². The van der Waals surface area contributed by atoms with Crippen molar-refractivity contribution in [2.75, 3.05) is 6.54 Å². The van der Waals surface area contributed by atoms with E-state index in [0.29, 0.717) is 0 Å². The molecule has 3 aromatic rings. The molecule has 0 amide bonds. The molecule has 3 nitrogen and oxygen atoms in total. The van der Waals surface area contributed by atoms with Crippen LogP contribution in [-0.4, -0.2) is 16.1 Å². The van der Waals surface area contributed by atoms with Crippen LogP contribution < -0.4 is 5.32 Å². The predicted molar refractivity (Wildman–Crippen MR) is 104 cm³/mol. The lowest BCUT2D eigenvalue weighted by molar-refractivity contribution is 0.561. The summed E-state index contributed by atoms with van der Waals surface area (Å²) in [6, 6.07) is 18.5. The number of rotatable bonds is 8. The van der Waals surface area contributed by atoms with E-state index >= 15 is 0 Å². The van der Waals surface area contributed by atoms with Crippen molar-refractivity contribution >= 4 is 11.6 Å². The number of hydrogen-bond acceptors (Lipinski definition) is 2. The van der Waals surface area contributed by atoms with Crippen LogP contribution >= 0.6 is 11.6 Å². The third-order valence-electron chi connectivity index (χ3n) is 4.32. The lowest BCUT2D eigenvalue weighted by Crippen LogP contribution is -2.17. The smallest absolute Gasteiger partial charge is 0.113 e. The van der Waals surface area contributed by atoms with Crippen molar-refractivity contribution in [3.8, 4) is 0 Å². The van der Waals surface area contributed by atoms with Crippen LogP contribution in [0.25, 0.3) is 0 Å². The average Bonchev–Trinajstić information content (AvgIpc) is 2.97. The lowest BCUT2D eigenvalue weighted by atomic mass is 10.1. The molecular weight excluding hydrogens is 330 g/mol. The predicted octanol–water partition coefficient (Wildman–Crippen LogP) is 4.62. The second kappa shape index (κ2) is 8.84. The van der Waals surface area contributed by atoms with E-state index in [4.69, 9.17) is 11.6 Å². The van der Waals surface area contributed by atoms with Crippen molar-refractivity contribution in [2.45, 2.75) is 32.9 Å². The van der Waals surface area contributed by atoms with Gasteiger partial charge in [-0.05, 0) is 43.1 Å². The normalized spacial score (nSPS) is 11.0. The second-order valence-electron chi connectivity index (χ2n) is 6.29. The van der Waals surface area contributed by atoms with E-state index in [1.165, 1.54) is 16.8 Å². The van der Waals surface area contributed by atoms with Gasteiger partial charge >= 0.3 is 0 Å². The maximum Gasteiger partial charge on any atom is 0.113 e. The molecule has 0 spiro atoms. The van der Waals surface area contributed by atoms with E-state index in [0.717, 1.165) is 43.3 Å². The zero-order chi connectivity index (χ0) is 17.5. The number of aryl methyl sites for hydroxylation is 1. The molecule has 0 radical (unpaired) electrons. The zero-order valence-electron chi connectivity index (χ0n) is 14.6. The molecule has 1 heterocycles. The Morgan fingerprint density at radius 1 is 1.00 bits per heavy atom. The Morgan fingerprint density at radius 3 is 2.52 bits per heavy atom. The van der Waals surface area contributed by atoms with Gasteiger partial charge in [0.1, 0.15) is 5.82 Å². The molecule has 0 bridgehead atoms. The van der Waals surface area contributed by atoms with Gasteiger partial charge in [0.25, 0.3) is 0 Å². The second-order valence-corrected chi connectivity index (χ2v) is 6.72. The van der Waals surface area contributed by atoms with E-state index in [1.807, 2.05) is 24.4 Å². The van der Waals surface area contributed by atoms with Crippen LogP contribution in [0.3, 0.4) is 0 Å². The number of aromatic nitrogens is 2. The monoisotopic (exact) mass is 353 g/mol. The zero-order valence-corrected chi connectivity index (χ0v) is 15.3. The van der Waals surface area contributed by atoms with Crippen LogP contribution in [0.4, 0.5) is 0 Å². The molecule has 4 heteroatoms. The topological polar surface area (TPSA) is 29.9 Å². The van der Waals surface area contributed by atoms with Crippen LogP contribution in [0.2, 0.25) is 5.02 Å². The van der Waals surface area contributed by atoms with Gasteiger partial charge in [-0.1, -0.05) is 54.1 Å². The Hall–Kier alpha value is -2.10.